The molecule has 7 heteroatoms. The second kappa shape index (κ2) is 7.46. The van der Waals surface area contributed by atoms with Crippen LogP contribution in [-0.2, 0) is 11.8 Å². The molecular weight excluding hydrogens is 324 g/mol. The van der Waals surface area contributed by atoms with Gasteiger partial charge in [-0.25, -0.2) is 0 Å². The predicted octanol–water partition coefficient (Wildman–Crippen LogP) is 1.90. The Bertz CT molecular complexity index is 690. The van der Waals surface area contributed by atoms with E-state index in [4.69, 9.17) is 4.74 Å². The van der Waals surface area contributed by atoms with Crippen molar-refractivity contribution in [2.24, 2.45) is 7.05 Å². The summed E-state index contributed by atoms with van der Waals surface area (Å²) >= 11 is 1.73. The van der Waals surface area contributed by atoms with Gasteiger partial charge >= 0.3 is 0 Å². The molecule has 2 aromatic rings. The molecule has 6 nitrogen and oxygen atoms in total. The zero-order valence-electron chi connectivity index (χ0n) is 14.4. The van der Waals surface area contributed by atoms with Gasteiger partial charge in [0, 0.05) is 37.3 Å². The van der Waals surface area contributed by atoms with Crippen LogP contribution in [0.3, 0.4) is 0 Å². The minimum atomic E-state index is -0.0482. The lowest BCUT2D eigenvalue weighted by Crippen LogP contribution is -2.43. The van der Waals surface area contributed by atoms with Gasteiger partial charge in [0.2, 0.25) is 0 Å². The molecule has 0 spiro atoms. The number of carbonyl (C=O) groups excluding carboxylic acids is 1. The summed E-state index contributed by atoms with van der Waals surface area (Å²) in [5, 5.41) is 9.52. The van der Waals surface area contributed by atoms with Gasteiger partial charge in [-0.05, 0) is 25.3 Å². The fraction of sp³-hybridized carbons (Fsp3) is 0.529. The third-order valence-corrected chi connectivity index (χ3v) is 5.52. The number of aromatic nitrogens is 2. The van der Waals surface area contributed by atoms with E-state index in [1.807, 2.05) is 20.9 Å². The van der Waals surface area contributed by atoms with Gasteiger partial charge in [0.1, 0.15) is 0 Å². The number of ether oxygens (including phenoxy) is 1. The van der Waals surface area contributed by atoms with E-state index in [1.165, 1.54) is 4.88 Å². The Kier molecular flexibility index (Phi) is 5.33. The van der Waals surface area contributed by atoms with Gasteiger partial charge in [-0.2, -0.15) is 5.10 Å². The Hall–Kier alpha value is -1.70. The van der Waals surface area contributed by atoms with Crippen LogP contribution in [-0.4, -0.2) is 53.4 Å². The molecule has 3 rings (SSSR count). The first-order valence-corrected chi connectivity index (χ1v) is 9.09. The van der Waals surface area contributed by atoms with Gasteiger partial charge < -0.3 is 10.1 Å². The van der Waals surface area contributed by atoms with E-state index in [1.54, 1.807) is 16.0 Å². The normalized spacial score (nSPS) is 17.0. The highest BCUT2D eigenvalue weighted by Gasteiger charge is 2.25. The standard InChI is InChI=1S/C17H24N4O2S/c1-12-16(13(2)20(3)19-12)17(22)18-11-14(15-5-4-10-24-15)21-6-8-23-9-7-21/h4-5,10,14H,6-9,11H2,1-3H3,(H,18,22)/t14-/m0/s1. The molecule has 1 amide bonds. The van der Waals surface area contributed by atoms with Crippen LogP contribution in [0.2, 0.25) is 0 Å². The summed E-state index contributed by atoms with van der Waals surface area (Å²) in [7, 11) is 1.86. The van der Waals surface area contributed by atoms with Crippen LogP contribution in [0, 0.1) is 13.8 Å². The number of amides is 1. The molecule has 0 saturated carbocycles. The SMILES string of the molecule is Cc1nn(C)c(C)c1C(=O)NC[C@@H](c1cccs1)N1CCOCC1. The molecule has 1 saturated heterocycles. The molecule has 1 N–H and O–H groups in total. The Morgan fingerprint density at radius 2 is 2.17 bits per heavy atom. The topological polar surface area (TPSA) is 59.4 Å². The van der Waals surface area contributed by atoms with Crippen molar-refractivity contribution in [1.29, 1.82) is 0 Å². The number of nitrogens with zero attached hydrogens (tertiary/aromatic N) is 3. The molecule has 1 fully saturated rings. The third-order valence-electron chi connectivity index (χ3n) is 4.55. The van der Waals surface area contributed by atoms with E-state index >= 15 is 0 Å². The molecule has 1 atom stereocenters. The number of hydrogen-bond acceptors (Lipinski definition) is 5. The second-order valence-electron chi connectivity index (χ2n) is 6.06. The van der Waals surface area contributed by atoms with Crippen LogP contribution in [0.25, 0.3) is 0 Å². The molecule has 24 heavy (non-hydrogen) atoms. The van der Waals surface area contributed by atoms with Crippen molar-refractivity contribution in [3.8, 4) is 0 Å². The van der Waals surface area contributed by atoms with Gasteiger partial charge in [-0.3, -0.25) is 14.4 Å². The summed E-state index contributed by atoms with van der Waals surface area (Å²) in [5.41, 5.74) is 2.35. The molecule has 0 aromatic carbocycles. The molecule has 0 unspecified atom stereocenters. The van der Waals surface area contributed by atoms with Gasteiger partial charge in [0.15, 0.2) is 0 Å². The summed E-state index contributed by atoms with van der Waals surface area (Å²) in [4.78, 5) is 16.3. The number of nitrogens with one attached hydrogen (secondary N) is 1. The fourth-order valence-electron chi connectivity index (χ4n) is 3.16. The number of hydrogen-bond donors (Lipinski definition) is 1. The maximum absolute atomic E-state index is 12.7. The van der Waals surface area contributed by atoms with E-state index in [-0.39, 0.29) is 11.9 Å². The molecule has 1 aliphatic rings. The van der Waals surface area contributed by atoms with Crippen LogP contribution in [0.15, 0.2) is 17.5 Å². The smallest absolute Gasteiger partial charge is 0.255 e. The van der Waals surface area contributed by atoms with Gasteiger partial charge in [-0.15, -0.1) is 11.3 Å². The van der Waals surface area contributed by atoms with Crippen molar-refractivity contribution in [2.75, 3.05) is 32.8 Å². The molecule has 3 heterocycles. The van der Waals surface area contributed by atoms with Crippen LogP contribution < -0.4 is 5.32 Å². The summed E-state index contributed by atoms with van der Waals surface area (Å²) in [6.45, 7) is 7.67. The molecule has 0 aliphatic carbocycles. The minimum absolute atomic E-state index is 0.0482. The van der Waals surface area contributed by atoms with Gasteiger partial charge in [0.25, 0.3) is 5.91 Å². The average molecular weight is 348 g/mol. The molecule has 130 valence electrons. The Labute approximate surface area is 146 Å². The van der Waals surface area contributed by atoms with Crippen molar-refractivity contribution in [3.63, 3.8) is 0 Å². The highest BCUT2D eigenvalue weighted by molar-refractivity contribution is 7.10. The lowest BCUT2D eigenvalue weighted by molar-refractivity contribution is 0.0169. The lowest BCUT2D eigenvalue weighted by Gasteiger charge is -2.34. The maximum atomic E-state index is 12.7. The number of rotatable bonds is 5. The van der Waals surface area contributed by atoms with Crippen molar-refractivity contribution in [1.82, 2.24) is 20.0 Å². The van der Waals surface area contributed by atoms with Gasteiger partial charge in [-0.1, -0.05) is 6.07 Å². The summed E-state index contributed by atoms with van der Waals surface area (Å²) in [6, 6.07) is 4.39. The van der Waals surface area contributed by atoms with Gasteiger partial charge in [0.05, 0.1) is 30.5 Å². The Balaban J connectivity index is 1.72. The summed E-state index contributed by atoms with van der Waals surface area (Å²) < 4.78 is 7.21. The third kappa shape index (κ3) is 3.53. The largest absolute Gasteiger partial charge is 0.379 e. The molecular formula is C17H24N4O2S. The van der Waals surface area contributed by atoms with Crippen LogP contribution in [0.1, 0.15) is 32.7 Å². The Morgan fingerprint density at radius 1 is 1.42 bits per heavy atom. The van der Waals surface area contributed by atoms with Crippen molar-refractivity contribution in [3.05, 3.63) is 39.3 Å². The summed E-state index contributed by atoms with van der Waals surface area (Å²) in [5.74, 6) is -0.0482. The van der Waals surface area contributed by atoms with Crippen LogP contribution in [0.5, 0.6) is 0 Å². The molecule has 0 bridgehead atoms. The van der Waals surface area contributed by atoms with E-state index in [9.17, 15) is 4.79 Å². The molecule has 0 radical (unpaired) electrons. The zero-order chi connectivity index (χ0) is 17.1. The van der Waals surface area contributed by atoms with E-state index in [0.29, 0.717) is 12.1 Å². The zero-order valence-corrected chi connectivity index (χ0v) is 15.2. The number of aryl methyl sites for hydroxylation is 2. The maximum Gasteiger partial charge on any atom is 0.255 e. The molecule has 2 aromatic heterocycles. The first-order chi connectivity index (χ1) is 11.6. The first kappa shape index (κ1) is 17.1. The highest BCUT2D eigenvalue weighted by atomic mass is 32.1. The van der Waals surface area contributed by atoms with Crippen molar-refractivity contribution in [2.45, 2.75) is 19.9 Å². The summed E-state index contributed by atoms with van der Waals surface area (Å²) in [6.07, 6.45) is 0. The number of carbonyl (C=O) groups is 1. The van der Waals surface area contributed by atoms with Crippen molar-refractivity contribution >= 4 is 17.2 Å². The van der Waals surface area contributed by atoms with E-state index in [0.717, 1.165) is 37.7 Å². The average Bonchev–Trinajstić information content (AvgIpc) is 3.18. The quantitative estimate of drug-likeness (QED) is 0.897. The predicted molar refractivity (Wildman–Crippen MR) is 94.5 cm³/mol. The first-order valence-electron chi connectivity index (χ1n) is 8.21. The van der Waals surface area contributed by atoms with E-state index in [2.05, 4.69) is 32.8 Å². The number of morpholine rings is 1. The van der Waals surface area contributed by atoms with E-state index < -0.39 is 0 Å². The lowest BCUT2D eigenvalue weighted by atomic mass is 10.1. The van der Waals surface area contributed by atoms with Crippen molar-refractivity contribution < 1.29 is 9.53 Å². The van der Waals surface area contributed by atoms with Crippen LogP contribution in [0.4, 0.5) is 0 Å². The number of thiophene rings is 1. The minimum Gasteiger partial charge on any atom is -0.379 e. The monoisotopic (exact) mass is 348 g/mol. The highest BCUT2D eigenvalue weighted by Crippen LogP contribution is 2.25. The fourth-order valence-corrected chi connectivity index (χ4v) is 4.02. The second-order valence-corrected chi connectivity index (χ2v) is 7.04. The van der Waals surface area contributed by atoms with Crippen LogP contribution >= 0.6 is 11.3 Å². The Morgan fingerprint density at radius 3 is 2.75 bits per heavy atom. The molecule has 1 aliphatic heterocycles.